The lowest BCUT2D eigenvalue weighted by Crippen LogP contribution is -2.38. The lowest BCUT2D eigenvalue weighted by Gasteiger charge is -2.19. The normalized spacial score (nSPS) is 15.2. The Morgan fingerprint density at radius 2 is 1.68 bits per heavy atom. The number of urea groups is 1. The molecule has 6 heteroatoms. The monoisotopic (exact) mass is 354 g/mol. The van der Waals surface area contributed by atoms with Crippen LogP contribution in [0.5, 0.6) is 0 Å². The number of hydrogen-bond acceptors (Lipinski definition) is 1. The van der Waals surface area contributed by atoms with Crippen molar-refractivity contribution in [2.45, 2.75) is 18.4 Å². The summed E-state index contributed by atoms with van der Waals surface area (Å²) in [5.41, 5.74) is 1.21. The molecule has 1 aliphatic carbocycles. The Morgan fingerprint density at radius 1 is 1.00 bits per heavy atom. The van der Waals surface area contributed by atoms with Crippen molar-refractivity contribution in [1.82, 2.24) is 5.32 Å². The van der Waals surface area contributed by atoms with Crippen molar-refractivity contribution in [1.29, 1.82) is 0 Å². The highest BCUT2D eigenvalue weighted by molar-refractivity contribution is 6.43. The van der Waals surface area contributed by atoms with Crippen LogP contribution in [0.2, 0.25) is 15.1 Å². The minimum Gasteiger partial charge on any atom is -0.328 e. The van der Waals surface area contributed by atoms with Gasteiger partial charge in [0.05, 0.1) is 21.3 Å². The number of rotatable bonds is 3. The molecular formula is C16H13Cl3N2O. The van der Waals surface area contributed by atoms with Gasteiger partial charge in [0.25, 0.3) is 0 Å². The summed E-state index contributed by atoms with van der Waals surface area (Å²) in [6.45, 7) is 0. The number of carbonyl (C=O) groups excluding carboxylic acids is 1. The lowest BCUT2D eigenvalue weighted by molar-refractivity contribution is 0.247. The van der Waals surface area contributed by atoms with Crippen LogP contribution in [0.15, 0.2) is 42.5 Å². The fourth-order valence-electron chi connectivity index (χ4n) is 2.35. The minimum atomic E-state index is -0.320. The average Bonchev–Trinajstić information content (AvgIpc) is 3.25. The summed E-state index contributed by atoms with van der Waals surface area (Å²) in [7, 11) is 0. The van der Waals surface area contributed by atoms with Crippen LogP contribution in [0.25, 0.3) is 0 Å². The van der Waals surface area contributed by atoms with Crippen molar-refractivity contribution in [2.75, 3.05) is 5.32 Å². The highest BCUT2D eigenvalue weighted by Gasteiger charge is 2.45. The first-order chi connectivity index (χ1) is 10.5. The molecule has 2 amide bonds. The SMILES string of the molecule is O=C(Nc1cccc(Cl)c1Cl)NC1(c2ccc(Cl)cc2)CC1. The van der Waals surface area contributed by atoms with Gasteiger partial charge < -0.3 is 10.6 Å². The zero-order valence-electron chi connectivity index (χ0n) is 11.5. The van der Waals surface area contributed by atoms with E-state index in [0.29, 0.717) is 20.8 Å². The third-order valence-corrected chi connectivity index (χ3v) is 4.77. The van der Waals surface area contributed by atoms with Gasteiger partial charge in [0.2, 0.25) is 0 Å². The predicted molar refractivity (Wildman–Crippen MR) is 91.0 cm³/mol. The zero-order chi connectivity index (χ0) is 15.7. The van der Waals surface area contributed by atoms with Crippen molar-refractivity contribution in [3.63, 3.8) is 0 Å². The smallest absolute Gasteiger partial charge is 0.319 e. The van der Waals surface area contributed by atoms with E-state index < -0.39 is 0 Å². The topological polar surface area (TPSA) is 41.1 Å². The zero-order valence-corrected chi connectivity index (χ0v) is 13.8. The van der Waals surface area contributed by atoms with Crippen LogP contribution in [0.3, 0.4) is 0 Å². The molecule has 114 valence electrons. The summed E-state index contributed by atoms with van der Waals surface area (Å²) >= 11 is 17.9. The van der Waals surface area contributed by atoms with Gasteiger partial charge in [-0.3, -0.25) is 0 Å². The summed E-state index contributed by atoms with van der Waals surface area (Å²) in [4.78, 5) is 12.2. The lowest BCUT2D eigenvalue weighted by atomic mass is 10.1. The first kappa shape index (κ1) is 15.5. The van der Waals surface area contributed by atoms with Gasteiger partial charge in [-0.2, -0.15) is 0 Å². The predicted octanol–water partition coefficient (Wildman–Crippen LogP) is 5.46. The summed E-state index contributed by atoms with van der Waals surface area (Å²) in [6, 6.07) is 12.3. The number of halogens is 3. The van der Waals surface area contributed by atoms with Crippen LogP contribution >= 0.6 is 34.8 Å². The maximum atomic E-state index is 12.2. The van der Waals surface area contributed by atoms with Crippen molar-refractivity contribution >= 4 is 46.5 Å². The maximum Gasteiger partial charge on any atom is 0.319 e. The van der Waals surface area contributed by atoms with Crippen LogP contribution in [-0.2, 0) is 5.54 Å². The van der Waals surface area contributed by atoms with Gasteiger partial charge in [-0.15, -0.1) is 0 Å². The van der Waals surface area contributed by atoms with E-state index in [9.17, 15) is 4.79 Å². The molecule has 3 nitrogen and oxygen atoms in total. The van der Waals surface area contributed by atoms with Gasteiger partial charge in [-0.1, -0.05) is 53.0 Å². The van der Waals surface area contributed by atoms with E-state index in [0.717, 1.165) is 18.4 Å². The molecule has 22 heavy (non-hydrogen) atoms. The van der Waals surface area contributed by atoms with Crippen molar-refractivity contribution in [3.05, 3.63) is 63.1 Å². The minimum absolute atomic E-state index is 0.309. The Hall–Kier alpha value is -1.42. The molecule has 2 aromatic carbocycles. The molecule has 0 heterocycles. The highest BCUT2D eigenvalue weighted by atomic mass is 35.5. The Balaban J connectivity index is 1.72. The second-order valence-electron chi connectivity index (χ2n) is 5.27. The molecule has 0 unspecified atom stereocenters. The van der Waals surface area contributed by atoms with E-state index in [1.165, 1.54) is 0 Å². The average molecular weight is 356 g/mol. The fraction of sp³-hybridized carbons (Fsp3) is 0.188. The molecule has 0 saturated heterocycles. The van der Waals surface area contributed by atoms with E-state index in [1.54, 1.807) is 18.2 Å². The van der Waals surface area contributed by atoms with Gasteiger partial charge >= 0.3 is 6.03 Å². The first-order valence-electron chi connectivity index (χ1n) is 6.79. The van der Waals surface area contributed by atoms with Crippen LogP contribution in [0.4, 0.5) is 10.5 Å². The number of amides is 2. The summed E-state index contributed by atoms with van der Waals surface area (Å²) in [6.07, 6.45) is 1.79. The van der Waals surface area contributed by atoms with Gasteiger partial charge in [-0.25, -0.2) is 4.79 Å². The second-order valence-corrected chi connectivity index (χ2v) is 6.49. The van der Waals surface area contributed by atoms with Gasteiger partial charge in [0.15, 0.2) is 0 Å². The molecule has 0 atom stereocenters. The van der Waals surface area contributed by atoms with Gasteiger partial charge in [-0.05, 0) is 42.7 Å². The van der Waals surface area contributed by atoms with Crippen LogP contribution < -0.4 is 10.6 Å². The molecule has 0 radical (unpaired) electrons. The number of benzene rings is 2. The summed E-state index contributed by atoms with van der Waals surface area (Å²) in [5.74, 6) is 0. The van der Waals surface area contributed by atoms with E-state index >= 15 is 0 Å². The molecule has 0 spiro atoms. The molecule has 0 bridgehead atoms. The summed E-state index contributed by atoms with van der Waals surface area (Å²) in [5, 5.41) is 7.15. The van der Waals surface area contributed by atoms with E-state index in [4.69, 9.17) is 34.8 Å². The highest BCUT2D eigenvalue weighted by Crippen LogP contribution is 2.45. The third-order valence-electron chi connectivity index (χ3n) is 3.70. The number of carbonyl (C=O) groups is 1. The molecule has 2 N–H and O–H groups in total. The third kappa shape index (κ3) is 3.17. The van der Waals surface area contributed by atoms with Crippen LogP contribution in [-0.4, -0.2) is 6.03 Å². The summed E-state index contributed by atoms with van der Waals surface area (Å²) < 4.78 is 0. The fourth-order valence-corrected chi connectivity index (χ4v) is 2.82. The Bertz CT molecular complexity index is 712. The van der Waals surface area contributed by atoms with Crippen molar-refractivity contribution < 1.29 is 4.79 Å². The molecule has 0 aliphatic heterocycles. The molecule has 2 aromatic rings. The number of anilines is 1. The number of hydrogen-bond donors (Lipinski definition) is 2. The largest absolute Gasteiger partial charge is 0.328 e. The van der Waals surface area contributed by atoms with Crippen LogP contribution in [0, 0.1) is 0 Å². The second kappa shape index (κ2) is 5.99. The molecule has 0 aromatic heterocycles. The molecular weight excluding hydrogens is 343 g/mol. The molecule has 1 fully saturated rings. The first-order valence-corrected chi connectivity index (χ1v) is 7.93. The van der Waals surface area contributed by atoms with Crippen LogP contribution in [0.1, 0.15) is 18.4 Å². The Kier molecular flexibility index (Phi) is 4.22. The van der Waals surface area contributed by atoms with Gasteiger partial charge in [0.1, 0.15) is 0 Å². The standard InChI is InChI=1S/C16H13Cl3N2O/c17-11-6-4-10(5-7-11)16(8-9-16)21-15(22)20-13-3-1-2-12(18)14(13)19/h1-7H,8-9H2,(H2,20,21,22). The van der Waals surface area contributed by atoms with Crippen molar-refractivity contribution in [3.8, 4) is 0 Å². The van der Waals surface area contributed by atoms with E-state index in [2.05, 4.69) is 10.6 Å². The molecule has 1 saturated carbocycles. The Morgan fingerprint density at radius 3 is 2.32 bits per heavy atom. The quantitative estimate of drug-likeness (QED) is 0.754. The van der Waals surface area contributed by atoms with E-state index in [-0.39, 0.29) is 11.6 Å². The van der Waals surface area contributed by atoms with Gasteiger partial charge in [0, 0.05) is 5.02 Å². The Labute approximate surface area is 143 Å². The maximum absolute atomic E-state index is 12.2. The van der Waals surface area contributed by atoms with Crippen molar-refractivity contribution in [2.24, 2.45) is 0 Å². The molecule has 1 aliphatic rings. The number of nitrogens with one attached hydrogen (secondary N) is 2. The van der Waals surface area contributed by atoms with E-state index in [1.807, 2.05) is 24.3 Å². The molecule has 3 rings (SSSR count).